The Kier molecular flexibility index (Phi) is 4.53. The number of carbonyl (C=O) groups is 1. The minimum absolute atomic E-state index is 0.194. The van der Waals surface area contributed by atoms with E-state index in [1.807, 2.05) is 12.5 Å². The van der Waals surface area contributed by atoms with Crippen LogP contribution in [0.3, 0.4) is 0 Å². The Hall–Kier alpha value is -0.900. The van der Waals surface area contributed by atoms with Crippen molar-refractivity contribution < 1.29 is 13.7 Å². The molecular formula is C23H35O3S+. The number of rotatable bonds is 3. The van der Waals surface area contributed by atoms with E-state index in [1.54, 1.807) is 7.11 Å². The van der Waals surface area contributed by atoms with Gasteiger partial charge >= 0.3 is 0 Å². The average Bonchev–Trinajstić information content (AvgIpc) is 2.83. The molecule has 0 heterocycles. The summed E-state index contributed by atoms with van der Waals surface area (Å²) in [6.45, 7) is 4.66. The second-order valence-electron chi connectivity index (χ2n) is 10.4. The minimum atomic E-state index is -1.84. The molecular weight excluding hydrogens is 356 g/mol. The summed E-state index contributed by atoms with van der Waals surface area (Å²) < 4.78 is 18.1. The molecule has 4 aliphatic carbocycles. The molecule has 0 aromatic heterocycles. The van der Waals surface area contributed by atoms with Crippen molar-refractivity contribution in [2.45, 2.75) is 52.4 Å². The number of methoxy groups -OCH3 is 1. The Balaban J connectivity index is 1.71. The summed E-state index contributed by atoms with van der Waals surface area (Å²) in [5.74, 6) is 4.12. The first kappa shape index (κ1) is 19.4. The Morgan fingerprint density at radius 2 is 1.96 bits per heavy atom. The maximum absolute atomic E-state index is 13.0. The van der Waals surface area contributed by atoms with Gasteiger partial charge in [-0.1, -0.05) is 19.9 Å². The van der Waals surface area contributed by atoms with Crippen molar-refractivity contribution in [2.75, 3.05) is 25.4 Å². The lowest BCUT2D eigenvalue weighted by Gasteiger charge is -2.56. The maximum atomic E-state index is 13.0. The molecule has 150 valence electrons. The zero-order chi connectivity index (χ0) is 19.6. The highest BCUT2D eigenvalue weighted by Crippen LogP contribution is 2.65. The average molecular weight is 392 g/mol. The topological polar surface area (TPSA) is 43.4 Å². The van der Waals surface area contributed by atoms with Crippen molar-refractivity contribution in [3.63, 3.8) is 0 Å². The van der Waals surface area contributed by atoms with Gasteiger partial charge in [-0.05, 0) is 60.5 Å². The van der Waals surface area contributed by atoms with Crippen LogP contribution in [0.2, 0.25) is 0 Å². The van der Waals surface area contributed by atoms with Gasteiger partial charge in [0.1, 0.15) is 24.0 Å². The van der Waals surface area contributed by atoms with Crippen LogP contribution in [0.25, 0.3) is 0 Å². The van der Waals surface area contributed by atoms with Crippen LogP contribution in [0.1, 0.15) is 52.4 Å². The standard InChI is InChI=1S/C23H35O3S/c1-22-10-8-17(26-3)13-16(22)6-7-18-19(22)9-11-23(2)20(24)12-15(21(18)23)14-27(4,5)25/h6,13,15,18-19,21H,7-12,14H2,1-5H3/q+1/t15-,18+,19-,21-,22-,23+/m0/s1. The van der Waals surface area contributed by atoms with E-state index in [0.717, 1.165) is 37.9 Å². The van der Waals surface area contributed by atoms with Crippen LogP contribution in [-0.4, -0.2) is 31.2 Å². The van der Waals surface area contributed by atoms with Crippen molar-refractivity contribution >= 4 is 15.7 Å². The fourth-order valence-corrected chi connectivity index (χ4v) is 8.54. The molecule has 27 heavy (non-hydrogen) atoms. The van der Waals surface area contributed by atoms with Crippen LogP contribution in [0, 0.1) is 34.5 Å². The monoisotopic (exact) mass is 391 g/mol. The molecule has 0 amide bonds. The molecule has 0 radical (unpaired) electrons. The van der Waals surface area contributed by atoms with Gasteiger partial charge in [0.25, 0.3) is 0 Å². The molecule has 4 rings (SSSR count). The Labute approximate surface area is 165 Å². The molecule has 0 spiro atoms. The van der Waals surface area contributed by atoms with E-state index in [9.17, 15) is 9.00 Å². The zero-order valence-corrected chi connectivity index (χ0v) is 18.4. The molecule has 4 heteroatoms. The summed E-state index contributed by atoms with van der Waals surface area (Å²) in [7, 11) is -0.0667. The van der Waals surface area contributed by atoms with Crippen LogP contribution < -0.4 is 0 Å². The smallest absolute Gasteiger partial charge is 0.139 e. The lowest BCUT2D eigenvalue weighted by atomic mass is 9.48. The van der Waals surface area contributed by atoms with E-state index < -0.39 is 9.93 Å². The number of hydrogen-bond donors (Lipinski definition) is 0. The lowest BCUT2D eigenvalue weighted by molar-refractivity contribution is -0.131. The van der Waals surface area contributed by atoms with Gasteiger partial charge in [0.2, 0.25) is 0 Å². The third kappa shape index (κ3) is 2.97. The molecule has 0 aromatic rings. The molecule has 0 saturated heterocycles. The van der Waals surface area contributed by atoms with Crippen LogP contribution in [0.4, 0.5) is 0 Å². The third-order valence-corrected chi connectivity index (χ3v) is 9.68. The van der Waals surface area contributed by atoms with E-state index >= 15 is 0 Å². The Morgan fingerprint density at radius 1 is 1.22 bits per heavy atom. The maximum Gasteiger partial charge on any atom is 0.139 e. The highest BCUT2D eigenvalue weighted by atomic mass is 32.2. The Morgan fingerprint density at radius 3 is 2.63 bits per heavy atom. The quantitative estimate of drug-likeness (QED) is 0.658. The van der Waals surface area contributed by atoms with E-state index in [1.165, 1.54) is 5.57 Å². The largest absolute Gasteiger partial charge is 0.501 e. The van der Waals surface area contributed by atoms with E-state index in [4.69, 9.17) is 4.74 Å². The summed E-state index contributed by atoms with van der Waals surface area (Å²) in [5, 5.41) is 0. The van der Waals surface area contributed by atoms with Crippen LogP contribution in [0.5, 0.6) is 0 Å². The third-order valence-electron chi connectivity index (χ3n) is 8.45. The van der Waals surface area contributed by atoms with E-state index in [0.29, 0.717) is 41.6 Å². The van der Waals surface area contributed by atoms with Crippen LogP contribution >= 0.6 is 0 Å². The summed E-state index contributed by atoms with van der Waals surface area (Å²) >= 11 is 0. The second kappa shape index (κ2) is 6.30. The first-order valence-electron chi connectivity index (χ1n) is 10.5. The molecule has 0 aliphatic heterocycles. The van der Waals surface area contributed by atoms with Gasteiger partial charge in [-0.15, -0.1) is 4.21 Å². The Bertz CT molecular complexity index is 760. The molecule has 0 unspecified atom stereocenters. The second-order valence-corrected chi connectivity index (χ2v) is 13.6. The molecule has 4 aliphatic rings. The first-order valence-corrected chi connectivity index (χ1v) is 13.0. The molecule has 0 N–H and O–H groups in total. The van der Waals surface area contributed by atoms with Crippen molar-refractivity contribution in [3.05, 3.63) is 23.5 Å². The molecule has 6 atom stereocenters. The number of hydrogen-bond acceptors (Lipinski definition) is 3. The molecule has 3 nitrogen and oxygen atoms in total. The zero-order valence-electron chi connectivity index (χ0n) is 17.5. The van der Waals surface area contributed by atoms with Crippen LogP contribution in [-0.2, 0) is 23.7 Å². The van der Waals surface area contributed by atoms with Crippen molar-refractivity contribution in [3.8, 4) is 0 Å². The van der Waals surface area contributed by atoms with Crippen molar-refractivity contribution in [1.82, 2.24) is 0 Å². The summed E-state index contributed by atoms with van der Waals surface area (Å²) in [6.07, 6.45) is 14.4. The van der Waals surface area contributed by atoms with Gasteiger partial charge in [0, 0.05) is 24.2 Å². The lowest BCUT2D eigenvalue weighted by Crippen LogP contribution is -2.51. The molecule has 0 bridgehead atoms. The summed E-state index contributed by atoms with van der Waals surface area (Å²) in [5.41, 5.74) is 1.45. The number of carbonyl (C=O) groups excluding carboxylic acids is 1. The normalized spacial score (nSPS) is 44.0. The number of Topliss-reactive ketones (excluding diaryl/α,β-unsaturated/α-hetero) is 1. The van der Waals surface area contributed by atoms with Gasteiger partial charge in [-0.3, -0.25) is 4.79 Å². The SMILES string of the molecule is COC1=CC2=CC[C@H]3[C@@H]4[C@H](C[S+](C)(C)=O)CC(=O)[C@@]4(C)CC[C@@H]3[C@@]2(C)CC1. The number of ketones is 1. The van der Waals surface area contributed by atoms with Crippen molar-refractivity contribution in [2.24, 2.45) is 34.5 Å². The first-order chi connectivity index (χ1) is 12.6. The predicted molar refractivity (Wildman–Crippen MR) is 111 cm³/mol. The number of ether oxygens (including phenoxy) is 1. The van der Waals surface area contributed by atoms with Gasteiger partial charge in [0.05, 0.1) is 22.8 Å². The van der Waals surface area contributed by atoms with Gasteiger partial charge < -0.3 is 4.74 Å². The fourth-order valence-electron chi connectivity index (χ4n) is 7.19. The van der Waals surface area contributed by atoms with Crippen LogP contribution in [0.15, 0.2) is 23.5 Å². The fraction of sp³-hybridized carbons (Fsp3) is 0.783. The molecule has 2 fully saturated rings. The number of fused-ring (bicyclic) bond motifs is 5. The van der Waals surface area contributed by atoms with Gasteiger partial charge in [0.15, 0.2) is 0 Å². The van der Waals surface area contributed by atoms with E-state index in [2.05, 4.69) is 26.0 Å². The highest BCUT2D eigenvalue weighted by molar-refractivity contribution is 8.01. The number of allylic oxidation sites excluding steroid dienone is 4. The highest BCUT2D eigenvalue weighted by Gasteiger charge is 2.62. The van der Waals surface area contributed by atoms with Crippen molar-refractivity contribution in [1.29, 1.82) is 0 Å². The predicted octanol–water partition coefficient (Wildman–Crippen LogP) is 4.64. The van der Waals surface area contributed by atoms with Gasteiger partial charge in [-0.2, -0.15) is 0 Å². The molecule has 0 aromatic carbocycles. The summed E-state index contributed by atoms with van der Waals surface area (Å²) in [4.78, 5) is 13.0. The van der Waals surface area contributed by atoms with E-state index in [-0.39, 0.29) is 10.8 Å². The molecule has 2 saturated carbocycles. The minimum Gasteiger partial charge on any atom is -0.501 e. The summed E-state index contributed by atoms with van der Waals surface area (Å²) in [6, 6.07) is 0. The van der Waals surface area contributed by atoms with Gasteiger partial charge in [-0.25, -0.2) is 0 Å².